The van der Waals surface area contributed by atoms with Gasteiger partial charge in [0.05, 0.1) is 4.90 Å². The molecule has 0 aliphatic carbocycles. The smallest absolute Gasteiger partial charge is 0.253 e. The van der Waals surface area contributed by atoms with Gasteiger partial charge in [0.2, 0.25) is 5.13 Å². The summed E-state index contributed by atoms with van der Waals surface area (Å²) in [6.45, 7) is 3.60. The van der Waals surface area contributed by atoms with Crippen LogP contribution in [-0.2, 0) is 10.0 Å². The van der Waals surface area contributed by atoms with Crippen molar-refractivity contribution >= 4 is 49.9 Å². The summed E-state index contributed by atoms with van der Waals surface area (Å²) in [5, 5.41) is 8.38. The summed E-state index contributed by atoms with van der Waals surface area (Å²) in [5.41, 5.74) is 0. The van der Waals surface area contributed by atoms with Crippen LogP contribution < -0.4 is 4.72 Å². The Balaban J connectivity index is 2.13. The maximum atomic E-state index is 12.1. The molecule has 0 aliphatic heterocycles. The molecule has 2 rings (SSSR count). The van der Waals surface area contributed by atoms with Crippen molar-refractivity contribution in [2.45, 2.75) is 9.24 Å². The molecule has 20 heavy (non-hydrogen) atoms. The lowest BCUT2D eigenvalue weighted by atomic mass is 10.4. The second kappa shape index (κ2) is 6.57. The average Bonchev–Trinajstić information content (AvgIpc) is 2.83. The fourth-order valence-electron chi connectivity index (χ4n) is 1.23. The highest BCUT2D eigenvalue weighted by atomic mass is 35.5. The number of nitrogens with zero attached hydrogens (tertiary/aromatic N) is 2. The highest BCUT2D eigenvalue weighted by molar-refractivity contribution is 8.01. The number of anilines is 1. The van der Waals surface area contributed by atoms with Crippen LogP contribution in [0.3, 0.4) is 0 Å². The first kappa shape index (κ1) is 15.3. The summed E-state index contributed by atoms with van der Waals surface area (Å²) in [7, 11) is -3.67. The summed E-state index contributed by atoms with van der Waals surface area (Å²) < 4.78 is 27.3. The van der Waals surface area contributed by atoms with Gasteiger partial charge in [-0.05, 0) is 24.3 Å². The molecule has 0 saturated heterocycles. The number of thioether (sulfide) groups is 1. The molecule has 0 fully saturated rings. The standard InChI is InChI=1S/C11H10ClN3O2S3/c1-2-7-18-11-14-13-10(19-11)15-20(16,17)9-5-3-8(12)4-6-9/h2-6H,1,7H2,(H,13,15). The van der Waals surface area contributed by atoms with Gasteiger partial charge in [0.15, 0.2) is 4.34 Å². The molecule has 0 bridgehead atoms. The maximum Gasteiger partial charge on any atom is 0.263 e. The molecule has 0 atom stereocenters. The molecule has 0 radical (unpaired) electrons. The molecule has 1 aromatic heterocycles. The predicted octanol–water partition coefficient (Wildman–Crippen LogP) is 3.27. The first-order valence-electron chi connectivity index (χ1n) is 5.37. The van der Waals surface area contributed by atoms with Crippen LogP contribution in [0.2, 0.25) is 5.02 Å². The summed E-state index contributed by atoms with van der Waals surface area (Å²) in [6, 6.07) is 5.89. The molecule has 1 aromatic carbocycles. The van der Waals surface area contributed by atoms with Crippen LogP contribution in [0.25, 0.3) is 0 Å². The van der Waals surface area contributed by atoms with E-state index in [1.807, 2.05) is 0 Å². The van der Waals surface area contributed by atoms with Gasteiger partial charge in [0.1, 0.15) is 0 Å². The van der Waals surface area contributed by atoms with E-state index in [-0.39, 0.29) is 10.0 Å². The second-order valence-electron chi connectivity index (χ2n) is 3.53. The Morgan fingerprint density at radius 1 is 1.35 bits per heavy atom. The van der Waals surface area contributed by atoms with Crippen molar-refractivity contribution in [2.24, 2.45) is 0 Å². The number of aromatic nitrogens is 2. The Hall–Kier alpha value is -1.09. The second-order valence-corrected chi connectivity index (χ2v) is 7.90. The van der Waals surface area contributed by atoms with Gasteiger partial charge in [0.25, 0.3) is 10.0 Å². The molecular weight excluding hydrogens is 338 g/mol. The molecule has 106 valence electrons. The molecule has 0 unspecified atom stereocenters. The molecule has 2 aromatic rings. The third-order valence-electron chi connectivity index (χ3n) is 2.08. The topological polar surface area (TPSA) is 72.0 Å². The zero-order chi connectivity index (χ0) is 14.6. The summed E-state index contributed by atoms with van der Waals surface area (Å²) in [5.74, 6) is 0.693. The summed E-state index contributed by atoms with van der Waals surface area (Å²) in [4.78, 5) is 0.123. The van der Waals surface area contributed by atoms with Crippen molar-refractivity contribution in [3.8, 4) is 0 Å². The SMILES string of the molecule is C=CCSc1nnc(NS(=O)(=O)c2ccc(Cl)cc2)s1. The van der Waals surface area contributed by atoms with Crippen molar-refractivity contribution < 1.29 is 8.42 Å². The minimum atomic E-state index is -3.67. The first-order valence-corrected chi connectivity index (χ1v) is 9.03. The highest BCUT2D eigenvalue weighted by Crippen LogP contribution is 2.27. The van der Waals surface area contributed by atoms with Crippen LogP contribution in [0.15, 0.2) is 46.2 Å². The molecule has 0 amide bonds. The lowest BCUT2D eigenvalue weighted by Gasteiger charge is -2.04. The monoisotopic (exact) mass is 347 g/mol. The van der Waals surface area contributed by atoms with Crippen molar-refractivity contribution in [1.82, 2.24) is 10.2 Å². The zero-order valence-electron chi connectivity index (χ0n) is 10.1. The summed E-state index contributed by atoms with van der Waals surface area (Å²) in [6.07, 6.45) is 1.74. The van der Waals surface area contributed by atoms with Gasteiger partial charge < -0.3 is 0 Å². The number of sulfonamides is 1. The van der Waals surface area contributed by atoms with Crippen molar-refractivity contribution in [2.75, 3.05) is 10.5 Å². The number of nitrogens with one attached hydrogen (secondary N) is 1. The van der Waals surface area contributed by atoms with Gasteiger partial charge in [-0.1, -0.05) is 40.8 Å². The molecule has 0 spiro atoms. The normalized spacial score (nSPS) is 11.2. The third-order valence-corrected chi connectivity index (χ3v) is 5.78. The van der Waals surface area contributed by atoms with E-state index >= 15 is 0 Å². The first-order chi connectivity index (χ1) is 9.51. The largest absolute Gasteiger partial charge is 0.263 e. The van der Waals surface area contributed by atoms with E-state index in [2.05, 4.69) is 21.5 Å². The van der Waals surface area contributed by atoms with Gasteiger partial charge in [0, 0.05) is 10.8 Å². The van der Waals surface area contributed by atoms with E-state index in [4.69, 9.17) is 11.6 Å². The Morgan fingerprint density at radius 3 is 2.70 bits per heavy atom. The molecule has 9 heteroatoms. The lowest BCUT2D eigenvalue weighted by Crippen LogP contribution is -2.12. The van der Waals surface area contributed by atoms with E-state index in [1.54, 1.807) is 6.08 Å². The minimum absolute atomic E-state index is 0.123. The van der Waals surface area contributed by atoms with Crippen molar-refractivity contribution in [3.63, 3.8) is 0 Å². The average molecular weight is 348 g/mol. The van der Waals surface area contributed by atoms with Crippen molar-refractivity contribution in [1.29, 1.82) is 0 Å². The van der Waals surface area contributed by atoms with Crippen LogP contribution in [0.4, 0.5) is 5.13 Å². The number of hydrogen-bond acceptors (Lipinski definition) is 6. The number of halogens is 1. The third kappa shape index (κ3) is 3.95. The Labute approximate surface area is 130 Å². The van der Waals surface area contributed by atoms with E-state index in [0.29, 0.717) is 15.1 Å². The van der Waals surface area contributed by atoms with E-state index in [9.17, 15) is 8.42 Å². The van der Waals surface area contributed by atoms with E-state index < -0.39 is 10.0 Å². The van der Waals surface area contributed by atoms with Gasteiger partial charge >= 0.3 is 0 Å². The van der Waals surface area contributed by atoms with Crippen LogP contribution in [0.1, 0.15) is 0 Å². The number of rotatable bonds is 6. The fraction of sp³-hybridized carbons (Fsp3) is 0.0909. The number of hydrogen-bond donors (Lipinski definition) is 1. The quantitative estimate of drug-likeness (QED) is 0.641. The summed E-state index contributed by atoms with van der Waals surface area (Å²) >= 11 is 8.34. The Bertz CT molecular complexity index is 698. The fourth-order valence-corrected chi connectivity index (χ4v) is 4.10. The lowest BCUT2D eigenvalue weighted by molar-refractivity contribution is 0.601. The number of benzene rings is 1. The van der Waals surface area contributed by atoms with E-state index in [1.165, 1.54) is 47.4 Å². The molecule has 1 heterocycles. The van der Waals surface area contributed by atoms with E-state index in [0.717, 1.165) is 0 Å². The van der Waals surface area contributed by atoms with Crippen LogP contribution in [0.5, 0.6) is 0 Å². The molecule has 5 nitrogen and oxygen atoms in total. The molecule has 0 saturated carbocycles. The van der Waals surface area contributed by atoms with Gasteiger partial charge in [-0.15, -0.1) is 16.8 Å². The van der Waals surface area contributed by atoms with Crippen molar-refractivity contribution in [3.05, 3.63) is 41.9 Å². The van der Waals surface area contributed by atoms with Crippen LogP contribution in [0, 0.1) is 0 Å². The Morgan fingerprint density at radius 2 is 2.05 bits per heavy atom. The molecule has 1 N–H and O–H groups in total. The van der Waals surface area contributed by atoms with Gasteiger partial charge in [-0.2, -0.15) is 0 Å². The Kier molecular flexibility index (Phi) is 5.03. The predicted molar refractivity (Wildman–Crippen MR) is 83.1 cm³/mol. The molecule has 0 aliphatic rings. The minimum Gasteiger partial charge on any atom is -0.253 e. The highest BCUT2D eigenvalue weighted by Gasteiger charge is 2.16. The van der Waals surface area contributed by atoms with Crippen LogP contribution >= 0.6 is 34.7 Å². The van der Waals surface area contributed by atoms with Crippen LogP contribution in [-0.4, -0.2) is 24.4 Å². The van der Waals surface area contributed by atoms with Gasteiger partial charge in [-0.3, -0.25) is 4.72 Å². The zero-order valence-corrected chi connectivity index (χ0v) is 13.3. The molecular formula is C11H10ClN3O2S3. The van der Waals surface area contributed by atoms with Gasteiger partial charge in [-0.25, -0.2) is 8.42 Å². The maximum absolute atomic E-state index is 12.1.